The van der Waals surface area contributed by atoms with Crippen molar-refractivity contribution in [1.82, 2.24) is 9.78 Å². The summed E-state index contributed by atoms with van der Waals surface area (Å²) in [7, 11) is 0. The maximum atomic E-state index is 11.7. The fourth-order valence-electron chi connectivity index (χ4n) is 1.14. The smallest absolute Gasteiger partial charge is 0.283 e. The molecule has 0 spiro atoms. The van der Waals surface area contributed by atoms with Gasteiger partial charge in [0.15, 0.2) is 0 Å². The van der Waals surface area contributed by atoms with Crippen molar-refractivity contribution in [3.8, 4) is 0 Å². The van der Waals surface area contributed by atoms with Gasteiger partial charge in [-0.05, 0) is 22.4 Å². The third-order valence-electron chi connectivity index (χ3n) is 1.86. The molecule has 0 aliphatic rings. The molecule has 0 aromatic carbocycles. The molecule has 0 saturated heterocycles. The monoisotopic (exact) mass is 271 g/mol. The van der Waals surface area contributed by atoms with Gasteiger partial charge < -0.3 is 5.32 Å². The van der Waals surface area contributed by atoms with E-state index in [0.717, 1.165) is 6.42 Å². The second kappa shape index (κ2) is 5.70. The van der Waals surface area contributed by atoms with E-state index < -0.39 is 0 Å². The maximum Gasteiger partial charge on any atom is 0.283 e. The van der Waals surface area contributed by atoms with Crippen molar-refractivity contribution in [2.24, 2.45) is 0 Å². The van der Waals surface area contributed by atoms with Crippen LogP contribution in [-0.4, -0.2) is 16.3 Å². The van der Waals surface area contributed by atoms with Gasteiger partial charge in [0, 0.05) is 13.1 Å². The van der Waals surface area contributed by atoms with Crippen molar-refractivity contribution in [2.75, 3.05) is 11.9 Å². The van der Waals surface area contributed by atoms with Crippen LogP contribution >= 0.6 is 15.9 Å². The third kappa shape index (κ3) is 2.92. The summed E-state index contributed by atoms with van der Waals surface area (Å²) >= 11 is 3.26. The maximum absolute atomic E-state index is 11.7. The molecule has 1 N–H and O–H groups in total. The number of aryl methyl sites for hydroxylation is 1. The minimum absolute atomic E-state index is 0.106. The Hall–Kier alpha value is -1.10. The standard InChI is InChI=1S/C10H14BrN3O/c1-3-5-12-8-7-13-14(6-4-2)10(15)9(8)11/h3,7,12H,1,4-6H2,2H3. The van der Waals surface area contributed by atoms with Crippen LogP contribution < -0.4 is 10.9 Å². The van der Waals surface area contributed by atoms with Crippen LogP contribution in [0.5, 0.6) is 0 Å². The average Bonchev–Trinajstić information content (AvgIpc) is 2.24. The van der Waals surface area contributed by atoms with Crippen LogP contribution in [0.4, 0.5) is 5.69 Å². The van der Waals surface area contributed by atoms with Crippen molar-refractivity contribution < 1.29 is 0 Å². The fraction of sp³-hybridized carbons (Fsp3) is 0.400. The predicted octanol–water partition coefficient (Wildman–Crippen LogP) is 2.01. The highest BCUT2D eigenvalue weighted by molar-refractivity contribution is 9.10. The number of hydrogen-bond donors (Lipinski definition) is 1. The first-order valence-electron chi connectivity index (χ1n) is 4.81. The van der Waals surface area contributed by atoms with Gasteiger partial charge in [0.05, 0.1) is 11.9 Å². The number of halogens is 1. The first-order chi connectivity index (χ1) is 7.20. The summed E-state index contributed by atoms with van der Waals surface area (Å²) < 4.78 is 1.97. The van der Waals surface area contributed by atoms with E-state index in [-0.39, 0.29) is 5.56 Å². The van der Waals surface area contributed by atoms with E-state index in [2.05, 4.69) is 32.9 Å². The normalized spacial score (nSPS) is 10.0. The van der Waals surface area contributed by atoms with E-state index in [1.807, 2.05) is 6.92 Å². The number of hydrogen-bond acceptors (Lipinski definition) is 3. The Bertz CT molecular complexity index is 400. The van der Waals surface area contributed by atoms with Crippen LogP contribution in [0.25, 0.3) is 0 Å². The molecule has 0 unspecified atom stereocenters. The second-order valence-corrected chi connectivity index (χ2v) is 3.86. The molecular weight excluding hydrogens is 258 g/mol. The van der Waals surface area contributed by atoms with Crippen LogP contribution in [0.1, 0.15) is 13.3 Å². The second-order valence-electron chi connectivity index (χ2n) is 3.07. The molecule has 1 rings (SSSR count). The highest BCUT2D eigenvalue weighted by Gasteiger charge is 2.06. The number of aromatic nitrogens is 2. The lowest BCUT2D eigenvalue weighted by Crippen LogP contribution is -2.24. The number of anilines is 1. The van der Waals surface area contributed by atoms with Gasteiger partial charge in [0.2, 0.25) is 0 Å². The highest BCUT2D eigenvalue weighted by Crippen LogP contribution is 2.15. The van der Waals surface area contributed by atoms with E-state index in [1.165, 1.54) is 4.68 Å². The van der Waals surface area contributed by atoms with E-state index in [9.17, 15) is 4.79 Å². The topological polar surface area (TPSA) is 46.9 Å². The molecule has 0 radical (unpaired) electrons. The minimum Gasteiger partial charge on any atom is -0.379 e. The summed E-state index contributed by atoms with van der Waals surface area (Å²) in [6.07, 6.45) is 4.26. The molecule has 0 bridgehead atoms. The van der Waals surface area contributed by atoms with Crippen molar-refractivity contribution >= 4 is 21.6 Å². The predicted molar refractivity (Wildman–Crippen MR) is 65.2 cm³/mol. The lowest BCUT2D eigenvalue weighted by Gasteiger charge is -2.08. The third-order valence-corrected chi connectivity index (χ3v) is 2.62. The van der Waals surface area contributed by atoms with Gasteiger partial charge in [0.25, 0.3) is 5.56 Å². The van der Waals surface area contributed by atoms with Crippen molar-refractivity contribution in [2.45, 2.75) is 19.9 Å². The zero-order valence-corrected chi connectivity index (χ0v) is 10.2. The summed E-state index contributed by atoms with van der Waals surface area (Å²) in [4.78, 5) is 11.7. The van der Waals surface area contributed by atoms with E-state index in [0.29, 0.717) is 23.2 Å². The SMILES string of the molecule is C=CCNc1cnn(CCC)c(=O)c1Br. The average molecular weight is 272 g/mol. The van der Waals surface area contributed by atoms with Gasteiger partial charge in [-0.15, -0.1) is 6.58 Å². The van der Waals surface area contributed by atoms with Gasteiger partial charge >= 0.3 is 0 Å². The Morgan fingerprint density at radius 1 is 1.73 bits per heavy atom. The Kier molecular flexibility index (Phi) is 4.55. The molecule has 1 heterocycles. The molecule has 15 heavy (non-hydrogen) atoms. The lowest BCUT2D eigenvalue weighted by molar-refractivity contribution is 0.566. The van der Waals surface area contributed by atoms with Crippen LogP contribution in [0.3, 0.4) is 0 Å². The van der Waals surface area contributed by atoms with E-state index in [4.69, 9.17) is 0 Å². The molecule has 0 atom stereocenters. The Morgan fingerprint density at radius 3 is 3.07 bits per heavy atom. The van der Waals surface area contributed by atoms with Gasteiger partial charge in [-0.1, -0.05) is 13.0 Å². The quantitative estimate of drug-likeness (QED) is 0.834. The molecule has 1 aromatic rings. The summed E-state index contributed by atoms with van der Waals surface area (Å²) in [5, 5.41) is 7.09. The molecular formula is C10H14BrN3O. The van der Waals surface area contributed by atoms with Crippen molar-refractivity contribution in [3.63, 3.8) is 0 Å². The number of rotatable bonds is 5. The molecule has 0 amide bonds. The number of nitrogens with one attached hydrogen (secondary N) is 1. The summed E-state index contributed by atoms with van der Waals surface area (Å²) in [5.74, 6) is 0. The van der Waals surface area contributed by atoms with E-state index >= 15 is 0 Å². The first-order valence-corrected chi connectivity index (χ1v) is 5.60. The van der Waals surface area contributed by atoms with Gasteiger partial charge in [-0.25, -0.2) is 4.68 Å². The summed E-state index contributed by atoms with van der Waals surface area (Å²) in [6.45, 7) is 6.85. The minimum atomic E-state index is -0.106. The van der Waals surface area contributed by atoms with Crippen molar-refractivity contribution in [1.29, 1.82) is 0 Å². The Morgan fingerprint density at radius 2 is 2.47 bits per heavy atom. The van der Waals surface area contributed by atoms with Crippen LogP contribution in [-0.2, 0) is 6.54 Å². The molecule has 0 aliphatic heterocycles. The van der Waals surface area contributed by atoms with Gasteiger partial charge in [0.1, 0.15) is 4.47 Å². The molecule has 0 saturated carbocycles. The molecule has 4 nitrogen and oxygen atoms in total. The van der Waals surface area contributed by atoms with Crippen LogP contribution in [0.15, 0.2) is 28.1 Å². The van der Waals surface area contributed by atoms with E-state index in [1.54, 1.807) is 12.3 Å². The number of nitrogens with zero attached hydrogens (tertiary/aromatic N) is 2. The highest BCUT2D eigenvalue weighted by atomic mass is 79.9. The zero-order valence-electron chi connectivity index (χ0n) is 8.66. The molecule has 82 valence electrons. The zero-order chi connectivity index (χ0) is 11.3. The van der Waals surface area contributed by atoms with Crippen LogP contribution in [0.2, 0.25) is 0 Å². The first kappa shape index (κ1) is 12.0. The molecule has 1 aromatic heterocycles. The summed E-state index contributed by atoms with van der Waals surface area (Å²) in [5.41, 5.74) is 0.596. The van der Waals surface area contributed by atoms with Crippen LogP contribution in [0, 0.1) is 0 Å². The Balaban J connectivity index is 2.98. The van der Waals surface area contributed by atoms with Gasteiger partial charge in [-0.2, -0.15) is 5.10 Å². The molecule has 0 fully saturated rings. The van der Waals surface area contributed by atoms with Crippen molar-refractivity contribution in [3.05, 3.63) is 33.7 Å². The van der Waals surface area contributed by atoms with Gasteiger partial charge in [-0.3, -0.25) is 4.79 Å². The largest absolute Gasteiger partial charge is 0.379 e. The fourth-order valence-corrected chi connectivity index (χ4v) is 1.59. The Labute approximate surface area is 97.1 Å². The lowest BCUT2D eigenvalue weighted by atomic mass is 10.4. The molecule has 0 aliphatic carbocycles. The molecule has 5 heteroatoms. The summed E-state index contributed by atoms with van der Waals surface area (Å²) in [6, 6.07) is 0.